The van der Waals surface area contributed by atoms with Crippen LogP contribution in [0.1, 0.15) is 18.1 Å². The first-order valence-corrected chi connectivity index (χ1v) is 7.33. The molecule has 0 aliphatic rings. The molecule has 0 unspecified atom stereocenters. The zero-order valence-electron chi connectivity index (χ0n) is 13.2. The first kappa shape index (κ1) is 16.3. The fourth-order valence-corrected chi connectivity index (χ4v) is 2.16. The van der Waals surface area contributed by atoms with Crippen molar-refractivity contribution in [2.24, 2.45) is 0 Å². The molecule has 116 valence electrons. The van der Waals surface area contributed by atoms with Crippen LogP contribution in [0, 0.1) is 11.3 Å². The lowest BCUT2D eigenvalue weighted by atomic mass is 10.1. The lowest BCUT2D eigenvalue weighted by molar-refractivity contribution is -0.112. The number of anilines is 1. The number of amides is 1. The lowest BCUT2D eigenvalue weighted by Gasteiger charge is -2.09. The van der Waals surface area contributed by atoms with Crippen LogP contribution in [-0.2, 0) is 11.2 Å². The van der Waals surface area contributed by atoms with Crippen LogP contribution < -0.4 is 10.1 Å². The van der Waals surface area contributed by atoms with Crippen molar-refractivity contribution < 1.29 is 9.53 Å². The van der Waals surface area contributed by atoms with Gasteiger partial charge in [-0.1, -0.05) is 37.3 Å². The van der Waals surface area contributed by atoms with Gasteiger partial charge in [-0.3, -0.25) is 4.79 Å². The zero-order valence-corrected chi connectivity index (χ0v) is 13.2. The second-order valence-electron chi connectivity index (χ2n) is 4.91. The average Bonchev–Trinajstić information content (AvgIpc) is 2.60. The molecule has 2 aromatic carbocycles. The molecule has 0 atom stereocenters. The van der Waals surface area contributed by atoms with Crippen molar-refractivity contribution in [3.05, 3.63) is 65.2 Å². The van der Waals surface area contributed by atoms with E-state index >= 15 is 0 Å². The third-order valence-electron chi connectivity index (χ3n) is 3.44. The van der Waals surface area contributed by atoms with Gasteiger partial charge in [-0.05, 0) is 41.8 Å². The first-order chi connectivity index (χ1) is 11.2. The van der Waals surface area contributed by atoms with Crippen LogP contribution in [0.4, 0.5) is 5.69 Å². The van der Waals surface area contributed by atoms with Crippen LogP contribution in [0.3, 0.4) is 0 Å². The van der Waals surface area contributed by atoms with Gasteiger partial charge in [0.05, 0.1) is 7.11 Å². The predicted molar refractivity (Wildman–Crippen MR) is 91.0 cm³/mol. The lowest BCUT2D eigenvalue weighted by Crippen LogP contribution is -2.14. The Balaban J connectivity index is 2.21. The molecule has 2 rings (SSSR count). The van der Waals surface area contributed by atoms with Gasteiger partial charge in [0, 0.05) is 5.69 Å². The van der Waals surface area contributed by atoms with Gasteiger partial charge in [0.25, 0.3) is 5.91 Å². The maximum atomic E-state index is 12.3. The molecule has 0 heterocycles. The molecule has 0 saturated carbocycles. The number of para-hydroxylation sites is 1. The van der Waals surface area contributed by atoms with Crippen molar-refractivity contribution >= 4 is 17.7 Å². The summed E-state index contributed by atoms with van der Waals surface area (Å²) in [5.74, 6) is 0.311. The Hall–Kier alpha value is -3.06. The van der Waals surface area contributed by atoms with Crippen molar-refractivity contribution in [1.82, 2.24) is 0 Å². The molecule has 0 fully saturated rings. The van der Waals surface area contributed by atoms with Crippen LogP contribution in [0.2, 0.25) is 0 Å². The van der Waals surface area contributed by atoms with Crippen molar-refractivity contribution in [3.63, 3.8) is 0 Å². The molecule has 0 bridgehead atoms. The minimum Gasteiger partial charge on any atom is -0.497 e. The highest BCUT2D eigenvalue weighted by Crippen LogP contribution is 2.18. The molecule has 0 aromatic heterocycles. The van der Waals surface area contributed by atoms with Crippen molar-refractivity contribution in [2.75, 3.05) is 12.4 Å². The average molecular weight is 306 g/mol. The number of benzene rings is 2. The van der Waals surface area contributed by atoms with Crippen molar-refractivity contribution in [2.45, 2.75) is 13.3 Å². The van der Waals surface area contributed by atoms with Gasteiger partial charge >= 0.3 is 0 Å². The van der Waals surface area contributed by atoms with E-state index in [2.05, 4.69) is 5.32 Å². The molecule has 1 amide bonds. The first-order valence-electron chi connectivity index (χ1n) is 7.33. The van der Waals surface area contributed by atoms with Gasteiger partial charge in [-0.2, -0.15) is 5.26 Å². The van der Waals surface area contributed by atoms with E-state index in [-0.39, 0.29) is 5.57 Å². The van der Waals surface area contributed by atoms with Crippen LogP contribution in [0.15, 0.2) is 54.1 Å². The molecule has 0 aliphatic carbocycles. The summed E-state index contributed by atoms with van der Waals surface area (Å²) in [6.45, 7) is 2.02. The largest absolute Gasteiger partial charge is 0.497 e. The number of nitriles is 1. The summed E-state index contributed by atoms with van der Waals surface area (Å²) in [5, 5.41) is 12.1. The number of nitrogens with one attached hydrogen (secondary N) is 1. The maximum absolute atomic E-state index is 12.3. The maximum Gasteiger partial charge on any atom is 0.266 e. The van der Waals surface area contributed by atoms with Gasteiger partial charge in [0.15, 0.2) is 0 Å². The molecular formula is C19H18N2O2. The van der Waals surface area contributed by atoms with E-state index < -0.39 is 5.91 Å². The molecule has 4 heteroatoms. The number of nitrogens with zero attached hydrogens (tertiary/aromatic N) is 1. The minimum atomic E-state index is -0.413. The van der Waals surface area contributed by atoms with Crippen LogP contribution >= 0.6 is 0 Å². The van der Waals surface area contributed by atoms with Crippen molar-refractivity contribution in [1.29, 1.82) is 5.26 Å². The van der Waals surface area contributed by atoms with E-state index in [1.54, 1.807) is 37.5 Å². The van der Waals surface area contributed by atoms with E-state index in [1.165, 1.54) is 0 Å². The molecule has 0 spiro atoms. The smallest absolute Gasteiger partial charge is 0.266 e. The van der Waals surface area contributed by atoms with E-state index in [1.807, 2.05) is 37.3 Å². The SMILES string of the molecule is CCc1ccccc1NC(=O)/C(C#N)=C/c1ccc(OC)cc1. The second kappa shape index (κ2) is 7.81. The van der Waals surface area contributed by atoms with E-state index in [0.29, 0.717) is 0 Å². The van der Waals surface area contributed by atoms with E-state index in [9.17, 15) is 10.1 Å². The summed E-state index contributed by atoms with van der Waals surface area (Å²) in [4.78, 5) is 12.3. The van der Waals surface area contributed by atoms with Gasteiger partial charge in [-0.25, -0.2) is 0 Å². The number of aryl methyl sites for hydroxylation is 1. The summed E-state index contributed by atoms with van der Waals surface area (Å²) in [5.41, 5.74) is 2.58. The molecule has 0 radical (unpaired) electrons. The Morgan fingerprint density at radius 2 is 1.91 bits per heavy atom. The Labute approximate surface area is 136 Å². The van der Waals surface area contributed by atoms with Crippen LogP contribution in [0.25, 0.3) is 6.08 Å². The standard InChI is InChI=1S/C19H18N2O2/c1-3-15-6-4-5-7-18(15)21-19(22)16(13-20)12-14-8-10-17(23-2)11-9-14/h4-12H,3H2,1-2H3,(H,21,22)/b16-12+. The minimum absolute atomic E-state index is 0.0565. The summed E-state index contributed by atoms with van der Waals surface area (Å²) >= 11 is 0. The molecule has 2 aromatic rings. The summed E-state index contributed by atoms with van der Waals surface area (Å²) in [6, 6.07) is 16.7. The summed E-state index contributed by atoms with van der Waals surface area (Å²) < 4.78 is 5.09. The second-order valence-corrected chi connectivity index (χ2v) is 4.91. The van der Waals surface area contributed by atoms with E-state index in [4.69, 9.17) is 4.74 Å². The van der Waals surface area contributed by atoms with Crippen molar-refractivity contribution in [3.8, 4) is 11.8 Å². The third kappa shape index (κ3) is 4.21. The fourth-order valence-electron chi connectivity index (χ4n) is 2.16. The topological polar surface area (TPSA) is 62.1 Å². The predicted octanol–water partition coefficient (Wildman–Crippen LogP) is 3.80. The van der Waals surface area contributed by atoms with Gasteiger partial charge in [0.1, 0.15) is 17.4 Å². The number of hydrogen-bond donors (Lipinski definition) is 1. The molecule has 4 nitrogen and oxygen atoms in total. The number of ether oxygens (including phenoxy) is 1. The molecule has 1 N–H and O–H groups in total. The molecule has 23 heavy (non-hydrogen) atoms. The Morgan fingerprint density at radius 3 is 2.52 bits per heavy atom. The van der Waals surface area contributed by atoms with Gasteiger partial charge in [0.2, 0.25) is 0 Å². The summed E-state index contributed by atoms with van der Waals surface area (Å²) in [6.07, 6.45) is 2.36. The number of carbonyl (C=O) groups excluding carboxylic acids is 1. The fraction of sp³-hybridized carbons (Fsp3) is 0.158. The van der Waals surface area contributed by atoms with Crippen LogP contribution in [0.5, 0.6) is 5.75 Å². The Morgan fingerprint density at radius 1 is 1.22 bits per heavy atom. The zero-order chi connectivity index (χ0) is 16.7. The molecule has 0 aliphatic heterocycles. The number of hydrogen-bond acceptors (Lipinski definition) is 3. The normalized spacial score (nSPS) is 10.7. The highest BCUT2D eigenvalue weighted by molar-refractivity contribution is 6.09. The molecular weight excluding hydrogens is 288 g/mol. The molecule has 0 saturated heterocycles. The van der Waals surface area contributed by atoms with E-state index in [0.717, 1.165) is 29.0 Å². The van der Waals surface area contributed by atoms with Gasteiger partial charge in [-0.15, -0.1) is 0 Å². The number of methoxy groups -OCH3 is 1. The highest BCUT2D eigenvalue weighted by Gasteiger charge is 2.11. The van der Waals surface area contributed by atoms with Gasteiger partial charge < -0.3 is 10.1 Å². The number of carbonyl (C=O) groups is 1. The Bertz CT molecular complexity index is 756. The highest BCUT2D eigenvalue weighted by atomic mass is 16.5. The third-order valence-corrected chi connectivity index (χ3v) is 3.44. The summed E-state index contributed by atoms with van der Waals surface area (Å²) in [7, 11) is 1.59. The quantitative estimate of drug-likeness (QED) is 0.675. The monoisotopic (exact) mass is 306 g/mol. The number of rotatable bonds is 5. The Kier molecular flexibility index (Phi) is 5.54. The van der Waals surface area contributed by atoms with Crippen LogP contribution in [-0.4, -0.2) is 13.0 Å².